The Bertz CT molecular complexity index is 640. The Morgan fingerprint density at radius 3 is 2.67 bits per heavy atom. The molecule has 112 valence electrons. The summed E-state index contributed by atoms with van der Waals surface area (Å²) in [5.41, 5.74) is 1.36. The first kappa shape index (κ1) is 16.5. The number of para-hydroxylation sites is 1. The molecule has 3 rings (SSSR count). The van der Waals surface area contributed by atoms with Crippen LogP contribution >= 0.6 is 47.4 Å². The van der Waals surface area contributed by atoms with Crippen LogP contribution in [0.2, 0.25) is 10.0 Å². The van der Waals surface area contributed by atoms with E-state index < -0.39 is 0 Å². The van der Waals surface area contributed by atoms with Crippen molar-refractivity contribution < 1.29 is 4.79 Å². The zero-order chi connectivity index (χ0) is 14.3. The zero-order valence-corrected chi connectivity index (χ0v) is 14.2. The van der Waals surface area contributed by atoms with Crippen LogP contribution in [0, 0.1) is 0 Å². The van der Waals surface area contributed by atoms with Crippen LogP contribution in [-0.4, -0.2) is 29.1 Å². The van der Waals surface area contributed by atoms with Crippen LogP contribution in [0.3, 0.4) is 0 Å². The third-order valence-electron chi connectivity index (χ3n) is 3.14. The second-order valence-corrected chi connectivity index (χ2v) is 6.18. The summed E-state index contributed by atoms with van der Waals surface area (Å²) in [5, 5.41) is 4.51. The Labute approximate surface area is 143 Å². The number of rotatable bonds is 2. The van der Waals surface area contributed by atoms with Crippen molar-refractivity contribution in [2.75, 3.05) is 18.4 Å². The van der Waals surface area contributed by atoms with Gasteiger partial charge >= 0.3 is 0 Å². The van der Waals surface area contributed by atoms with Gasteiger partial charge in [0.25, 0.3) is 5.91 Å². The Balaban J connectivity index is 0.00000161. The number of amides is 1. The molecule has 0 aromatic heterocycles. The summed E-state index contributed by atoms with van der Waals surface area (Å²) in [6.07, 6.45) is 0. The number of hydrogen-bond donors (Lipinski definition) is 1. The van der Waals surface area contributed by atoms with Gasteiger partial charge in [-0.15, -0.1) is 12.4 Å². The minimum Gasteiger partial charge on any atom is -0.322 e. The maximum atomic E-state index is 12.4. The quantitative estimate of drug-likeness (QED) is 0.862. The van der Waals surface area contributed by atoms with Gasteiger partial charge in [-0.2, -0.15) is 0 Å². The van der Waals surface area contributed by atoms with Crippen LogP contribution in [-0.2, 0) is 4.79 Å². The highest BCUT2D eigenvalue weighted by molar-refractivity contribution is 8.18. The third-order valence-corrected chi connectivity index (χ3v) is 4.98. The first-order valence-corrected chi connectivity index (χ1v) is 7.61. The number of benzene rings is 1. The monoisotopic (exact) mass is 363 g/mol. The van der Waals surface area contributed by atoms with Gasteiger partial charge in [0.1, 0.15) is 0 Å². The Morgan fingerprint density at radius 1 is 1.38 bits per heavy atom. The highest BCUT2D eigenvalue weighted by Crippen LogP contribution is 2.38. The zero-order valence-electron chi connectivity index (χ0n) is 11.0. The van der Waals surface area contributed by atoms with E-state index in [1.54, 1.807) is 18.2 Å². The molecule has 2 aliphatic rings. The van der Waals surface area contributed by atoms with Crippen molar-refractivity contribution in [3.05, 3.63) is 38.8 Å². The number of nitrogens with zero attached hydrogens (tertiary/aromatic N) is 2. The maximum absolute atomic E-state index is 12.4. The van der Waals surface area contributed by atoms with Crippen LogP contribution in [0.4, 0.5) is 5.69 Å². The number of amidine groups is 1. The molecule has 0 unspecified atom stereocenters. The van der Waals surface area contributed by atoms with E-state index in [1.165, 1.54) is 11.8 Å². The number of carbonyl (C=O) groups is 1. The predicted molar refractivity (Wildman–Crippen MR) is 91.6 cm³/mol. The first-order valence-electron chi connectivity index (χ1n) is 6.04. The van der Waals surface area contributed by atoms with E-state index in [4.69, 9.17) is 23.2 Å². The molecule has 1 amide bonds. The van der Waals surface area contributed by atoms with Crippen LogP contribution in [0.1, 0.15) is 6.92 Å². The van der Waals surface area contributed by atoms with Gasteiger partial charge in [-0.05, 0) is 30.8 Å². The van der Waals surface area contributed by atoms with E-state index in [1.807, 2.05) is 11.8 Å². The van der Waals surface area contributed by atoms with E-state index in [9.17, 15) is 4.79 Å². The smallest absolute Gasteiger partial charge is 0.264 e. The number of aliphatic imine (C=N–C) groups is 1. The number of carbonyl (C=O) groups excluding carboxylic acids is 1. The predicted octanol–water partition coefficient (Wildman–Crippen LogP) is 4.00. The topological polar surface area (TPSA) is 44.7 Å². The molecule has 8 heteroatoms. The Hall–Kier alpha value is -0.880. The van der Waals surface area contributed by atoms with Gasteiger partial charge in [-0.3, -0.25) is 9.79 Å². The van der Waals surface area contributed by atoms with Crippen LogP contribution in [0.5, 0.6) is 0 Å². The molecule has 1 N–H and O–H groups in total. The van der Waals surface area contributed by atoms with Crippen LogP contribution in [0.15, 0.2) is 33.8 Å². The minimum atomic E-state index is -0.209. The average molecular weight is 365 g/mol. The molecule has 1 aromatic carbocycles. The largest absolute Gasteiger partial charge is 0.322 e. The lowest BCUT2D eigenvalue weighted by molar-refractivity contribution is -0.112. The number of allylic oxidation sites excluding steroid dienone is 1. The van der Waals surface area contributed by atoms with Crippen molar-refractivity contribution in [2.24, 2.45) is 4.99 Å². The summed E-state index contributed by atoms with van der Waals surface area (Å²) in [4.78, 5) is 19.4. The molecule has 0 atom stereocenters. The minimum absolute atomic E-state index is 0. The number of nitrogens with one attached hydrogen (secondary N) is 1. The number of halogens is 3. The van der Waals surface area contributed by atoms with E-state index in [0.717, 1.165) is 24.0 Å². The second kappa shape index (κ2) is 6.48. The lowest BCUT2D eigenvalue weighted by atomic mass is 10.3. The van der Waals surface area contributed by atoms with Crippen molar-refractivity contribution in [1.82, 2.24) is 4.90 Å². The molecule has 21 heavy (non-hydrogen) atoms. The molecule has 0 spiro atoms. The molecule has 1 aromatic rings. The summed E-state index contributed by atoms with van der Waals surface area (Å²) in [7, 11) is 0. The van der Waals surface area contributed by atoms with Crippen LogP contribution < -0.4 is 5.32 Å². The summed E-state index contributed by atoms with van der Waals surface area (Å²) >= 11 is 13.5. The molecule has 0 saturated carbocycles. The summed E-state index contributed by atoms with van der Waals surface area (Å²) < 4.78 is 0. The number of fused-ring (bicyclic) bond motifs is 1. The summed E-state index contributed by atoms with van der Waals surface area (Å²) in [5.74, 6) is -0.209. The highest BCUT2D eigenvalue weighted by atomic mass is 35.5. The van der Waals surface area contributed by atoms with Crippen molar-refractivity contribution in [2.45, 2.75) is 6.92 Å². The molecule has 2 aliphatic heterocycles. The Kier molecular flexibility index (Phi) is 5.09. The van der Waals surface area contributed by atoms with Gasteiger partial charge in [0.2, 0.25) is 0 Å². The Morgan fingerprint density at radius 2 is 2.05 bits per heavy atom. The van der Waals surface area contributed by atoms with E-state index in [2.05, 4.69) is 10.3 Å². The molecule has 4 nitrogen and oxygen atoms in total. The van der Waals surface area contributed by atoms with Crippen molar-refractivity contribution in [3.8, 4) is 0 Å². The fourth-order valence-electron chi connectivity index (χ4n) is 2.11. The number of hydrogen-bond acceptors (Lipinski definition) is 4. The molecule has 0 aliphatic carbocycles. The standard InChI is InChI=1S/C13H11Cl2N3OS.ClH/c1-7-11(20-13-16-5-6-18(7)13)12(19)17-10-8(14)3-2-4-9(10)15;/h2-4H,5-6H2,1H3,(H,17,19);1H. The number of anilines is 1. The molecule has 2 heterocycles. The lowest BCUT2D eigenvalue weighted by Crippen LogP contribution is -2.20. The average Bonchev–Trinajstić information content (AvgIpc) is 2.97. The highest BCUT2D eigenvalue weighted by Gasteiger charge is 2.33. The number of thioether (sulfide) groups is 1. The molecule has 0 saturated heterocycles. The van der Waals surface area contributed by atoms with Gasteiger partial charge in [0.15, 0.2) is 5.17 Å². The molecule has 0 bridgehead atoms. The lowest BCUT2D eigenvalue weighted by Gasteiger charge is -2.12. The molecule has 0 fully saturated rings. The van der Waals surface area contributed by atoms with Gasteiger partial charge in [-0.1, -0.05) is 29.3 Å². The van der Waals surface area contributed by atoms with Crippen molar-refractivity contribution in [3.63, 3.8) is 0 Å². The third kappa shape index (κ3) is 3.01. The molecular weight excluding hydrogens is 353 g/mol. The van der Waals surface area contributed by atoms with Gasteiger partial charge in [-0.25, -0.2) is 0 Å². The van der Waals surface area contributed by atoms with Crippen LogP contribution in [0.25, 0.3) is 0 Å². The fraction of sp³-hybridized carbons (Fsp3) is 0.231. The van der Waals surface area contributed by atoms with Gasteiger partial charge in [0, 0.05) is 12.2 Å². The van der Waals surface area contributed by atoms with E-state index in [0.29, 0.717) is 20.6 Å². The summed E-state index contributed by atoms with van der Waals surface area (Å²) in [6.45, 7) is 3.53. The van der Waals surface area contributed by atoms with Gasteiger partial charge in [0.05, 0.1) is 27.2 Å². The molecule has 0 radical (unpaired) electrons. The van der Waals surface area contributed by atoms with Gasteiger partial charge < -0.3 is 10.2 Å². The van der Waals surface area contributed by atoms with Crippen molar-refractivity contribution in [1.29, 1.82) is 0 Å². The molecular formula is C13H12Cl3N3OS. The first-order chi connectivity index (χ1) is 9.58. The van der Waals surface area contributed by atoms with E-state index in [-0.39, 0.29) is 18.3 Å². The maximum Gasteiger partial charge on any atom is 0.264 e. The normalized spacial score (nSPS) is 16.5. The van der Waals surface area contributed by atoms with Crippen molar-refractivity contribution >= 4 is 64.1 Å². The second-order valence-electron chi connectivity index (χ2n) is 4.38. The fourth-order valence-corrected chi connectivity index (χ4v) is 3.68. The summed E-state index contributed by atoms with van der Waals surface area (Å²) in [6, 6.07) is 5.11. The van der Waals surface area contributed by atoms with E-state index >= 15 is 0 Å². The SMILES string of the molecule is CC1=C(C(=O)Nc2c(Cl)cccc2Cl)SC2=NCCN21.Cl.